The van der Waals surface area contributed by atoms with Crippen LogP contribution in [0.25, 0.3) is 22.6 Å². The van der Waals surface area contributed by atoms with Gasteiger partial charge in [0.25, 0.3) is 5.91 Å². The highest BCUT2D eigenvalue weighted by atomic mass is 127. The molecule has 1 amide bonds. The molecule has 0 aliphatic carbocycles. The van der Waals surface area contributed by atoms with Crippen LogP contribution in [0.4, 0.5) is 5.69 Å². The number of fused-ring (bicyclic) bond motifs is 1. The van der Waals surface area contributed by atoms with Gasteiger partial charge in [-0.3, -0.25) is 4.79 Å². The van der Waals surface area contributed by atoms with E-state index in [0.29, 0.717) is 38.3 Å². The molecule has 27 heavy (non-hydrogen) atoms. The number of carbonyl (C=O) groups excluding carboxylic acids is 1. The van der Waals surface area contributed by atoms with Crippen molar-refractivity contribution >= 4 is 68.5 Å². The molecule has 0 fully saturated rings. The SMILES string of the molecule is O=C(Nc1ccc2oc(-c3cc(I)ccc3Cl)nc2c1)c1ccccc1Cl. The zero-order valence-electron chi connectivity index (χ0n) is 13.7. The van der Waals surface area contributed by atoms with Gasteiger partial charge in [0.15, 0.2) is 5.58 Å². The number of aromatic nitrogens is 1. The number of oxazole rings is 1. The van der Waals surface area contributed by atoms with Gasteiger partial charge in [0.05, 0.1) is 21.2 Å². The normalized spacial score (nSPS) is 10.9. The Morgan fingerprint density at radius 3 is 2.63 bits per heavy atom. The van der Waals surface area contributed by atoms with Crippen molar-refractivity contribution in [3.63, 3.8) is 0 Å². The fourth-order valence-corrected chi connectivity index (χ4v) is 3.54. The molecule has 4 aromatic rings. The van der Waals surface area contributed by atoms with E-state index >= 15 is 0 Å². The summed E-state index contributed by atoms with van der Waals surface area (Å²) in [5, 5.41) is 3.79. The van der Waals surface area contributed by atoms with Gasteiger partial charge in [-0.1, -0.05) is 35.3 Å². The molecule has 1 N–H and O–H groups in total. The third-order valence-electron chi connectivity index (χ3n) is 3.92. The highest BCUT2D eigenvalue weighted by Gasteiger charge is 2.14. The highest BCUT2D eigenvalue weighted by Crippen LogP contribution is 2.32. The monoisotopic (exact) mass is 508 g/mol. The lowest BCUT2D eigenvalue weighted by molar-refractivity contribution is 0.102. The Morgan fingerprint density at radius 1 is 1.00 bits per heavy atom. The van der Waals surface area contributed by atoms with Gasteiger partial charge in [-0.15, -0.1) is 0 Å². The van der Waals surface area contributed by atoms with E-state index in [9.17, 15) is 4.79 Å². The number of carbonyl (C=O) groups is 1. The molecule has 4 nitrogen and oxygen atoms in total. The highest BCUT2D eigenvalue weighted by molar-refractivity contribution is 14.1. The number of hydrogen-bond acceptors (Lipinski definition) is 3. The molecule has 0 spiro atoms. The maximum absolute atomic E-state index is 12.4. The predicted molar refractivity (Wildman–Crippen MR) is 117 cm³/mol. The molecule has 1 heterocycles. The van der Waals surface area contributed by atoms with Gasteiger partial charge >= 0.3 is 0 Å². The van der Waals surface area contributed by atoms with Crippen LogP contribution < -0.4 is 5.32 Å². The van der Waals surface area contributed by atoms with Crippen LogP contribution in [0.5, 0.6) is 0 Å². The second-order valence-corrected chi connectivity index (χ2v) is 7.82. The number of rotatable bonds is 3. The van der Waals surface area contributed by atoms with Crippen molar-refractivity contribution in [3.8, 4) is 11.5 Å². The fourth-order valence-electron chi connectivity index (χ4n) is 2.63. The summed E-state index contributed by atoms with van der Waals surface area (Å²) in [5.74, 6) is 0.146. The maximum Gasteiger partial charge on any atom is 0.257 e. The van der Waals surface area contributed by atoms with Crippen LogP contribution in [0.1, 0.15) is 10.4 Å². The van der Waals surface area contributed by atoms with E-state index in [1.807, 2.05) is 18.2 Å². The fraction of sp³-hybridized carbons (Fsp3) is 0. The summed E-state index contributed by atoms with van der Waals surface area (Å²) >= 11 is 14.6. The Hall–Kier alpha value is -2.09. The van der Waals surface area contributed by atoms with Crippen LogP contribution in [0.2, 0.25) is 10.0 Å². The van der Waals surface area contributed by atoms with Crippen LogP contribution in [-0.2, 0) is 0 Å². The third-order valence-corrected chi connectivity index (χ3v) is 5.25. The molecule has 0 radical (unpaired) electrons. The van der Waals surface area contributed by atoms with Crippen LogP contribution in [0, 0.1) is 3.57 Å². The number of amides is 1. The van der Waals surface area contributed by atoms with Gasteiger partial charge in [0, 0.05) is 9.26 Å². The van der Waals surface area contributed by atoms with Gasteiger partial charge < -0.3 is 9.73 Å². The van der Waals surface area contributed by atoms with Gasteiger partial charge in [-0.25, -0.2) is 4.98 Å². The van der Waals surface area contributed by atoms with E-state index in [-0.39, 0.29) is 5.91 Å². The first-order valence-corrected chi connectivity index (χ1v) is 9.76. The second-order valence-electron chi connectivity index (χ2n) is 5.76. The second kappa shape index (κ2) is 7.50. The summed E-state index contributed by atoms with van der Waals surface area (Å²) in [6, 6.07) is 17.8. The molecular weight excluding hydrogens is 498 g/mol. The molecule has 1 aromatic heterocycles. The Balaban J connectivity index is 1.66. The number of nitrogens with zero attached hydrogens (tertiary/aromatic N) is 1. The Morgan fingerprint density at radius 2 is 1.81 bits per heavy atom. The van der Waals surface area contributed by atoms with E-state index < -0.39 is 0 Å². The molecule has 0 aliphatic heterocycles. The van der Waals surface area contributed by atoms with Crippen molar-refractivity contribution in [3.05, 3.63) is 79.8 Å². The smallest absolute Gasteiger partial charge is 0.257 e. The minimum Gasteiger partial charge on any atom is -0.436 e. The number of halogens is 3. The van der Waals surface area contributed by atoms with Crippen LogP contribution in [0.3, 0.4) is 0 Å². The number of anilines is 1. The first-order valence-electron chi connectivity index (χ1n) is 7.93. The standard InChI is InChI=1S/C20H11Cl2IN2O2/c21-15-4-2-1-3-13(15)19(26)24-12-6-8-18-17(10-12)25-20(27-18)14-9-11(23)5-7-16(14)22/h1-10H,(H,24,26). The number of benzene rings is 3. The Bertz CT molecular complexity index is 1170. The zero-order valence-corrected chi connectivity index (χ0v) is 17.3. The molecule has 0 bridgehead atoms. The van der Waals surface area contributed by atoms with E-state index in [1.54, 1.807) is 42.5 Å². The molecule has 0 unspecified atom stereocenters. The predicted octanol–water partition coefficient (Wildman–Crippen LogP) is 6.66. The minimum absolute atomic E-state index is 0.288. The van der Waals surface area contributed by atoms with Crippen LogP contribution in [0.15, 0.2) is 65.1 Å². The van der Waals surface area contributed by atoms with Gasteiger partial charge in [-0.2, -0.15) is 0 Å². The van der Waals surface area contributed by atoms with Gasteiger partial charge in [0.2, 0.25) is 5.89 Å². The summed E-state index contributed by atoms with van der Waals surface area (Å²) in [4.78, 5) is 16.9. The van der Waals surface area contributed by atoms with Gasteiger partial charge in [-0.05, 0) is 71.1 Å². The molecule has 3 aromatic carbocycles. The lowest BCUT2D eigenvalue weighted by Crippen LogP contribution is -2.12. The summed E-state index contributed by atoms with van der Waals surface area (Å²) < 4.78 is 6.85. The van der Waals surface area contributed by atoms with Crippen molar-refractivity contribution < 1.29 is 9.21 Å². The summed E-state index contributed by atoms with van der Waals surface area (Å²) in [5.41, 5.74) is 2.96. The van der Waals surface area contributed by atoms with Crippen LogP contribution >= 0.6 is 45.8 Å². The van der Waals surface area contributed by atoms with E-state index in [2.05, 4.69) is 32.9 Å². The Kier molecular flexibility index (Phi) is 5.08. The van der Waals surface area contributed by atoms with Crippen LogP contribution in [-0.4, -0.2) is 10.9 Å². The van der Waals surface area contributed by atoms with Crippen molar-refractivity contribution in [2.45, 2.75) is 0 Å². The molecule has 7 heteroatoms. The quantitative estimate of drug-likeness (QED) is 0.315. The van der Waals surface area contributed by atoms with Crippen molar-refractivity contribution in [1.29, 1.82) is 0 Å². The molecule has 4 rings (SSSR count). The lowest BCUT2D eigenvalue weighted by atomic mass is 10.2. The third kappa shape index (κ3) is 3.81. The van der Waals surface area contributed by atoms with Crippen molar-refractivity contribution in [2.24, 2.45) is 0 Å². The molecular formula is C20H11Cl2IN2O2. The minimum atomic E-state index is -0.288. The zero-order chi connectivity index (χ0) is 19.0. The first kappa shape index (κ1) is 18.3. The molecule has 0 saturated heterocycles. The molecule has 134 valence electrons. The van der Waals surface area contributed by atoms with E-state index in [4.69, 9.17) is 27.6 Å². The average molecular weight is 509 g/mol. The molecule has 0 atom stereocenters. The average Bonchev–Trinajstić information content (AvgIpc) is 3.07. The van der Waals surface area contributed by atoms with E-state index in [1.165, 1.54) is 0 Å². The lowest BCUT2D eigenvalue weighted by Gasteiger charge is -2.06. The number of hydrogen-bond donors (Lipinski definition) is 1. The van der Waals surface area contributed by atoms with E-state index in [0.717, 1.165) is 9.13 Å². The van der Waals surface area contributed by atoms with Crippen molar-refractivity contribution in [1.82, 2.24) is 4.98 Å². The molecule has 0 aliphatic rings. The largest absolute Gasteiger partial charge is 0.436 e. The summed E-state index contributed by atoms with van der Waals surface area (Å²) in [6.07, 6.45) is 0. The molecule has 0 saturated carbocycles. The van der Waals surface area contributed by atoms with Crippen molar-refractivity contribution in [2.75, 3.05) is 5.32 Å². The summed E-state index contributed by atoms with van der Waals surface area (Å²) in [6.45, 7) is 0. The number of nitrogens with one attached hydrogen (secondary N) is 1. The topological polar surface area (TPSA) is 55.1 Å². The van der Waals surface area contributed by atoms with Gasteiger partial charge in [0.1, 0.15) is 5.52 Å². The Labute approximate surface area is 178 Å². The first-order chi connectivity index (χ1) is 13.0. The maximum atomic E-state index is 12.4. The summed E-state index contributed by atoms with van der Waals surface area (Å²) in [7, 11) is 0.